The quantitative estimate of drug-likeness (QED) is 0.725. The van der Waals surface area contributed by atoms with E-state index in [9.17, 15) is 4.79 Å². The molecule has 2 aliphatic carbocycles. The van der Waals surface area contributed by atoms with Crippen LogP contribution in [0.2, 0.25) is 0 Å². The number of nitrogens with zero attached hydrogens (tertiary/aromatic N) is 1. The molecule has 0 aromatic carbocycles. The van der Waals surface area contributed by atoms with Crippen molar-refractivity contribution in [2.45, 2.75) is 39.2 Å². The van der Waals surface area contributed by atoms with Crippen LogP contribution < -0.4 is 5.73 Å². The molecular formula is C13H22N2O. The van der Waals surface area contributed by atoms with Crippen molar-refractivity contribution in [3.8, 4) is 0 Å². The minimum absolute atomic E-state index is 0.261. The summed E-state index contributed by atoms with van der Waals surface area (Å²) >= 11 is 0. The van der Waals surface area contributed by atoms with Crippen LogP contribution in [0.15, 0.2) is 0 Å². The predicted octanol–water partition coefficient (Wildman–Crippen LogP) is 1.23. The molecule has 3 nitrogen and oxygen atoms in total. The Morgan fingerprint density at radius 1 is 1.31 bits per heavy atom. The van der Waals surface area contributed by atoms with Gasteiger partial charge in [0.05, 0.1) is 0 Å². The molecule has 2 N–H and O–H groups in total. The molecule has 0 unspecified atom stereocenters. The van der Waals surface area contributed by atoms with Crippen molar-refractivity contribution in [2.24, 2.45) is 28.9 Å². The van der Waals surface area contributed by atoms with E-state index in [1.54, 1.807) is 0 Å². The third-order valence-electron chi connectivity index (χ3n) is 5.04. The second-order valence-corrected chi connectivity index (χ2v) is 6.65. The SMILES string of the molecule is CC1(C)C[C@@H]1C(=O)N1C[C@@H]2CC[C@@H](N)[C@H]2C1. The van der Waals surface area contributed by atoms with Gasteiger partial charge in [-0.2, -0.15) is 0 Å². The topological polar surface area (TPSA) is 46.3 Å². The molecule has 0 aromatic rings. The van der Waals surface area contributed by atoms with Crippen LogP contribution in [0.4, 0.5) is 0 Å². The summed E-state index contributed by atoms with van der Waals surface area (Å²) in [5.74, 6) is 1.97. The second-order valence-electron chi connectivity index (χ2n) is 6.65. The Morgan fingerprint density at radius 2 is 2.00 bits per heavy atom. The summed E-state index contributed by atoms with van der Waals surface area (Å²) in [5.41, 5.74) is 6.35. The van der Waals surface area contributed by atoms with Crippen molar-refractivity contribution in [3.63, 3.8) is 0 Å². The summed E-state index contributed by atoms with van der Waals surface area (Å²) < 4.78 is 0. The van der Waals surface area contributed by atoms with E-state index >= 15 is 0 Å². The minimum Gasteiger partial charge on any atom is -0.342 e. The highest BCUT2D eigenvalue weighted by molar-refractivity contribution is 5.82. The van der Waals surface area contributed by atoms with Gasteiger partial charge in [-0.3, -0.25) is 4.79 Å². The van der Waals surface area contributed by atoms with Gasteiger partial charge in [0.1, 0.15) is 0 Å². The number of amides is 1. The van der Waals surface area contributed by atoms with E-state index < -0.39 is 0 Å². The van der Waals surface area contributed by atoms with Gasteiger partial charge in [0.25, 0.3) is 0 Å². The maximum atomic E-state index is 12.2. The normalized spacial score (nSPS) is 44.6. The van der Waals surface area contributed by atoms with E-state index in [2.05, 4.69) is 18.7 Å². The lowest BCUT2D eigenvalue weighted by molar-refractivity contribution is -0.132. The van der Waals surface area contributed by atoms with Gasteiger partial charge in [-0.25, -0.2) is 0 Å². The molecule has 3 aliphatic rings. The third-order valence-corrected chi connectivity index (χ3v) is 5.04. The third kappa shape index (κ3) is 1.48. The summed E-state index contributed by atoms with van der Waals surface area (Å²) in [6.07, 6.45) is 3.46. The molecule has 0 spiro atoms. The Bertz CT molecular complexity index is 326. The van der Waals surface area contributed by atoms with E-state index in [0.29, 0.717) is 29.7 Å². The highest BCUT2D eigenvalue weighted by Gasteiger charge is 2.54. The summed E-state index contributed by atoms with van der Waals surface area (Å²) in [7, 11) is 0. The van der Waals surface area contributed by atoms with Gasteiger partial charge >= 0.3 is 0 Å². The lowest BCUT2D eigenvalue weighted by atomic mass is 9.98. The van der Waals surface area contributed by atoms with Crippen molar-refractivity contribution in [1.29, 1.82) is 0 Å². The zero-order valence-corrected chi connectivity index (χ0v) is 10.3. The van der Waals surface area contributed by atoms with Crippen LogP contribution in [0.3, 0.4) is 0 Å². The van der Waals surface area contributed by atoms with Gasteiger partial charge in [0.15, 0.2) is 0 Å². The molecule has 3 fully saturated rings. The lowest BCUT2D eigenvalue weighted by Gasteiger charge is -2.19. The zero-order chi connectivity index (χ0) is 11.5. The first-order chi connectivity index (χ1) is 7.49. The maximum Gasteiger partial charge on any atom is 0.226 e. The molecule has 2 saturated carbocycles. The molecule has 0 aromatic heterocycles. The first-order valence-electron chi connectivity index (χ1n) is 6.53. The monoisotopic (exact) mass is 222 g/mol. The summed E-state index contributed by atoms with van der Waals surface area (Å²) in [6.45, 7) is 6.29. The average Bonchev–Trinajstić information content (AvgIpc) is 2.63. The van der Waals surface area contributed by atoms with Crippen molar-refractivity contribution in [1.82, 2.24) is 4.90 Å². The van der Waals surface area contributed by atoms with Crippen molar-refractivity contribution in [3.05, 3.63) is 0 Å². The summed E-state index contributed by atoms with van der Waals surface area (Å²) in [4.78, 5) is 14.3. The molecule has 3 heteroatoms. The number of nitrogens with two attached hydrogens (primary N) is 1. The Hall–Kier alpha value is -0.570. The van der Waals surface area contributed by atoms with Gasteiger partial charge < -0.3 is 10.6 Å². The van der Waals surface area contributed by atoms with E-state index in [1.807, 2.05) is 0 Å². The number of hydrogen-bond donors (Lipinski definition) is 1. The molecule has 1 saturated heterocycles. The molecule has 1 aliphatic heterocycles. The summed E-state index contributed by atoms with van der Waals surface area (Å²) in [5, 5.41) is 0. The first kappa shape index (κ1) is 10.6. The zero-order valence-electron chi connectivity index (χ0n) is 10.3. The Kier molecular flexibility index (Phi) is 2.13. The standard InChI is InChI=1S/C13H22N2O/c1-13(2)5-10(13)12(16)15-6-8-3-4-11(14)9(8)7-15/h8-11H,3-7,14H2,1-2H3/t8-,9-,10+,11+/m0/s1. The van der Waals surface area contributed by atoms with Crippen LogP contribution in [0.25, 0.3) is 0 Å². The minimum atomic E-state index is 0.261. The number of likely N-dealkylation sites (tertiary alicyclic amines) is 1. The van der Waals surface area contributed by atoms with Gasteiger partial charge in [0, 0.05) is 25.0 Å². The van der Waals surface area contributed by atoms with Crippen LogP contribution >= 0.6 is 0 Å². The first-order valence-corrected chi connectivity index (χ1v) is 6.53. The van der Waals surface area contributed by atoms with Crippen LogP contribution in [0, 0.1) is 23.2 Å². The predicted molar refractivity (Wildman–Crippen MR) is 62.7 cm³/mol. The van der Waals surface area contributed by atoms with Gasteiger partial charge in [-0.05, 0) is 36.5 Å². The molecule has 0 bridgehead atoms. The van der Waals surface area contributed by atoms with Gasteiger partial charge in [-0.15, -0.1) is 0 Å². The van der Waals surface area contributed by atoms with Crippen molar-refractivity contribution >= 4 is 5.91 Å². The molecule has 4 atom stereocenters. The second kappa shape index (κ2) is 3.22. The smallest absolute Gasteiger partial charge is 0.226 e. The molecular weight excluding hydrogens is 200 g/mol. The fourth-order valence-corrected chi connectivity index (χ4v) is 3.60. The Morgan fingerprint density at radius 3 is 2.56 bits per heavy atom. The highest BCUT2D eigenvalue weighted by Crippen LogP contribution is 2.53. The number of hydrogen-bond acceptors (Lipinski definition) is 2. The van der Waals surface area contributed by atoms with Crippen LogP contribution in [-0.4, -0.2) is 29.9 Å². The Labute approximate surface area is 97.4 Å². The van der Waals surface area contributed by atoms with E-state index in [0.717, 1.165) is 25.9 Å². The number of rotatable bonds is 1. The molecule has 3 rings (SSSR count). The van der Waals surface area contributed by atoms with E-state index in [4.69, 9.17) is 5.73 Å². The average molecular weight is 222 g/mol. The highest BCUT2D eigenvalue weighted by atomic mass is 16.2. The lowest BCUT2D eigenvalue weighted by Crippen LogP contribution is -2.35. The van der Waals surface area contributed by atoms with Crippen molar-refractivity contribution < 1.29 is 4.79 Å². The largest absolute Gasteiger partial charge is 0.342 e. The van der Waals surface area contributed by atoms with Crippen molar-refractivity contribution in [2.75, 3.05) is 13.1 Å². The number of fused-ring (bicyclic) bond motifs is 1. The number of carbonyl (C=O) groups is 1. The molecule has 0 radical (unpaired) electrons. The molecule has 90 valence electrons. The van der Waals surface area contributed by atoms with Crippen LogP contribution in [0.5, 0.6) is 0 Å². The number of carbonyl (C=O) groups excluding carboxylic acids is 1. The van der Waals surface area contributed by atoms with Gasteiger partial charge in [0.2, 0.25) is 5.91 Å². The molecule has 16 heavy (non-hydrogen) atoms. The van der Waals surface area contributed by atoms with Crippen LogP contribution in [-0.2, 0) is 4.79 Å². The molecule has 1 heterocycles. The fraction of sp³-hybridized carbons (Fsp3) is 0.923. The van der Waals surface area contributed by atoms with Gasteiger partial charge in [-0.1, -0.05) is 13.8 Å². The Balaban J connectivity index is 1.64. The van der Waals surface area contributed by atoms with Crippen LogP contribution in [0.1, 0.15) is 33.1 Å². The molecule has 1 amide bonds. The maximum absolute atomic E-state index is 12.2. The van der Waals surface area contributed by atoms with E-state index in [1.165, 1.54) is 6.42 Å². The summed E-state index contributed by atoms with van der Waals surface area (Å²) in [6, 6.07) is 0.343. The van der Waals surface area contributed by atoms with E-state index in [-0.39, 0.29) is 5.41 Å². The fourth-order valence-electron chi connectivity index (χ4n) is 3.60.